The average molecular weight is 276 g/mol. The Hall–Kier alpha value is -1.42. The standard InChI is InChI=1S/C16H21FN2O/c1-11-16(20)19(10-12-5-2-3-6-12)15(18-11)13-7-4-8-14(17)9-13/h4,7-9,11-12,15,18H,2-3,5-6,10H2,1H3. The molecule has 20 heavy (non-hydrogen) atoms. The SMILES string of the molecule is CC1NC(c2cccc(F)c2)N(CC2CCCC2)C1=O. The van der Waals surface area contributed by atoms with Gasteiger partial charge in [-0.25, -0.2) is 4.39 Å². The third-order valence-corrected chi connectivity index (χ3v) is 4.47. The van der Waals surface area contributed by atoms with Crippen molar-refractivity contribution in [3.05, 3.63) is 35.6 Å². The molecule has 2 atom stereocenters. The van der Waals surface area contributed by atoms with Crippen LogP contribution in [0.25, 0.3) is 0 Å². The maximum Gasteiger partial charge on any atom is 0.241 e. The molecule has 1 aliphatic carbocycles. The van der Waals surface area contributed by atoms with Crippen molar-refractivity contribution in [2.45, 2.75) is 44.8 Å². The maximum atomic E-state index is 13.4. The number of carbonyl (C=O) groups is 1. The number of amides is 1. The fourth-order valence-corrected chi connectivity index (χ4v) is 3.39. The van der Waals surface area contributed by atoms with Crippen molar-refractivity contribution >= 4 is 5.91 Å². The second kappa shape index (κ2) is 5.52. The number of carbonyl (C=O) groups excluding carboxylic acids is 1. The molecule has 0 aromatic heterocycles. The predicted octanol–water partition coefficient (Wildman–Crippen LogP) is 2.83. The molecular formula is C16H21FN2O. The van der Waals surface area contributed by atoms with Crippen LogP contribution in [0, 0.1) is 11.7 Å². The third kappa shape index (κ3) is 2.57. The highest BCUT2D eigenvalue weighted by Crippen LogP contribution is 2.31. The molecule has 1 saturated heterocycles. The Morgan fingerprint density at radius 3 is 2.80 bits per heavy atom. The lowest BCUT2D eigenvalue weighted by Crippen LogP contribution is -2.34. The summed E-state index contributed by atoms with van der Waals surface area (Å²) < 4.78 is 13.4. The number of nitrogens with one attached hydrogen (secondary N) is 1. The smallest absolute Gasteiger partial charge is 0.241 e. The minimum absolute atomic E-state index is 0.131. The van der Waals surface area contributed by atoms with Crippen molar-refractivity contribution in [3.63, 3.8) is 0 Å². The van der Waals surface area contributed by atoms with Crippen LogP contribution in [-0.4, -0.2) is 23.4 Å². The molecule has 2 unspecified atom stereocenters. The zero-order chi connectivity index (χ0) is 14.1. The fraction of sp³-hybridized carbons (Fsp3) is 0.562. The number of hydrogen-bond acceptors (Lipinski definition) is 2. The predicted molar refractivity (Wildman–Crippen MR) is 75.4 cm³/mol. The fourth-order valence-electron chi connectivity index (χ4n) is 3.39. The van der Waals surface area contributed by atoms with Gasteiger partial charge in [-0.2, -0.15) is 0 Å². The van der Waals surface area contributed by atoms with Crippen molar-refractivity contribution in [1.82, 2.24) is 10.2 Å². The molecule has 1 aromatic rings. The Morgan fingerprint density at radius 2 is 2.10 bits per heavy atom. The Morgan fingerprint density at radius 1 is 1.35 bits per heavy atom. The van der Waals surface area contributed by atoms with E-state index in [0.717, 1.165) is 12.1 Å². The topological polar surface area (TPSA) is 32.3 Å². The van der Waals surface area contributed by atoms with E-state index in [9.17, 15) is 9.18 Å². The Kier molecular flexibility index (Phi) is 3.74. The molecule has 1 amide bonds. The van der Waals surface area contributed by atoms with E-state index in [-0.39, 0.29) is 23.9 Å². The summed E-state index contributed by atoms with van der Waals surface area (Å²) in [5.41, 5.74) is 0.834. The summed E-state index contributed by atoms with van der Waals surface area (Å²) in [6, 6.07) is 6.35. The number of halogens is 1. The molecule has 108 valence electrons. The van der Waals surface area contributed by atoms with Crippen LogP contribution >= 0.6 is 0 Å². The first kappa shape index (κ1) is 13.6. The van der Waals surface area contributed by atoms with Gasteiger partial charge in [-0.1, -0.05) is 25.0 Å². The van der Waals surface area contributed by atoms with Gasteiger partial charge >= 0.3 is 0 Å². The van der Waals surface area contributed by atoms with Gasteiger partial charge in [0.05, 0.1) is 6.04 Å². The summed E-state index contributed by atoms with van der Waals surface area (Å²) in [4.78, 5) is 14.2. The lowest BCUT2D eigenvalue weighted by Gasteiger charge is -2.27. The van der Waals surface area contributed by atoms with E-state index >= 15 is 0 Å². The van der Waals surface area contributed by atoms with Gasteiger partial charge in [0.25, 0.3) is 0 Å². The van der Waals surface area contributed by atoms with Gasteiger partial charge in [0.15, 0.2) is 0 Å². The summed E-state index contributed by atoms with van der Waals surface area (Å²) in [6.07, 6.45) is 4.75. The van der Waals surface area contributed by atoms with Gasteiger partial charge in [0.1, 0.15) is 12.0 Å². The van der Waals surface area contributed by atoms with Crippen LogP contribution in [0.3, 0.4) is 0 Å². The van der Waals surface area contributed by atoms with E-state index in [4.69, 9.17) is 0 Å². The van der Waals surface area contributed by atoms with Crippen molar-refractivity contribution in [2.24, 2.45) is 5.92 Å². The lowest BCUT2D eigenvalue weighted by molar-refractivity contribution is -0.130. The molecule has 2 fully saturated rings. The van der Waals surface area contributed by atoms with Gasteiger partial charge in [0.2, 0.25) is 5.91 Å². The number of rotatable bonds is 3. The highest BCUT2D eigenvalue weighted by Gasteiger charge is 2.38. The number of hydrogen-bond donors (Lipinski definition) is 1. The molecule has 0 radical (unpaired) electrons. The van der Waals surface area contributed by atoms with Gasteiger partial charge in [-0.3, -0.25) is 10.1 Å². The van der Waals surface area contributed by atoms with E-state index in [1.54, 1.807) is 6.07 Å². The molecule has 1 aliphatic heterocycles. The van der Waals surface area contributed by atoms with Gasteiger partial charge < -0.3 is 4.90 Å². The molecule has 4 heteroatoms. The monoisotopic (exact) mass is 276 g/mol. The zero-order valence-electron chi connectivity index (χ0n) is 11.8. The summed E-state index contributed by atoms with van der Waals surface area (Å²) in [6.45, 7) is 2.67. The molecule has 1 heterocycles. The minimum Gasteiger partial charge on any atom is -0.321 e. The van der Waals surface area contributed by atoms with Crippen molar-refractivity contribution in [3.8, 4) is 0 Å². The van der Waals surface area contributed by atoms with Crippen molar-refractivity contribution in [2.75, 3.05) is 6.54 Å². The number of benzene rings is 1. The lowest BCUT2D eigenvalue weighted by atomic mass is 10.1. The molecule has 1 saturated carbocycles. The molecule has 1 aromatic carbocycles. The minimum atomic E-state index is -0.253. The summed E-state index contributed by atoms with van der Waals surface area (Å²) in [5, 5.41) is 3.28. The van der Waals surface area contributed by atoms with Crippen LogP contribution in [0.5, 0.6) is 0 Å². The first-order valence-electron chi connectivity index (χ1n) is 7.47. The van der Waals surface area contributed by atoms with Crippen LogP contribution in [0.1, 0.15) is 44.3 Å². The summed E-state index contributed by atoms with van der Waals surface area (Å²) >= 11 is 0. The van der Waals surface area contributed by atoms with Gasteiger partial charge in [-0.15, -0.1) is 0 Å². The highest BCUT2D eigenvalue weighted by atomic mass is 19.1. The molecule has 0 spiro atoms. The van der Waals surface area contributed by atoms with Gasteiger partial charge in [0, 0.05) is 6.54 Å². The normalized spacial score (nSPS) is 27.5. The van der Waals surface area contributed by atoms with Crippen LogP contribution in [0.2, 0.25) is 0 Å². The van der Waals surface area contributed by atoms with E-state index in [1.807, 2.05) is 17.9 Å². The summed E-state index contributed by atoms with van der Waals surface area (Å²) in [7, 11) is 0. The largest absolute Gasteiger partial charge is 0.321 e. The second-order valence-corrected chi connectivity index (χ2v) is 5.99. The molecule has 0 bridgehead atoms. The van der Waals surface area contributed by atoms with E-state index < -0.39 is 0 Å². The molecule has 2 aliphatic rings. The van der Waals surface area contributed by atoms with Crippen LogP contribution in [0.4, 0.5) is 4.39 Å². The summed E-state index contributed by atoms with van der Waals surface area (Å²) in [5.74, 6) is 0.477. The van der Waals surface area contributed by atoms with E-state index in [1.165, 1.54) is 37.8 Å². The highest BCUT2D eigenvalue weighted by molar-refractivity contribution is 5.84. The van der Waals surface area contributed by atoms with Crippen molar-refractivity contribution < 1.29 is 9.18 Å². The van der Waals surface area contributed by atoms with Gasteiger partial charge in [-0.05, 0) is 43.4 Å². The van der Waals surface area contributed by atoms with Crippen LogP contribution in [0.15, 0.2) is 24.3 Å². The average Bonchev–Trinajstić information content (AvgIpc) is 3.03. The first-order valence-corrected chi connectivity index (χ1v) is 7.47. The molecule has 3 rings (SSSR count). The van der Waals surface area contributed by atoms with Crippen LogP contribution < -0.4 is 5.32 Å². The molecule has 3 nitrogen and oxygen atoms in total. The first-order chi connectivity index (χ1) is 9.65. The molecular weight excluding hydrogens is 255 g/mol. The second-order valence-electron chi connectivity index (χ2n) is 5.99. The number of nitrogens with zero attached hydrogens (tertiary/aromatic N) is 1. The molecule has 1 N–H and O–H groups in total. The quantitative estimate of drug-likeness (QED) is 0.920. The zero-order valence-corrected chi connectivity index (χ0v) is 11.8. The Balaban J connectivity index is 1.81. The third-order valence-electron chi connectivity index (χ3n) is 4.47. The Bertz CT molecular complexity index is 499. The van der Waals surface area contributed by atoms with Crippen LogP contribution in [-0.2, 0) is 4.79 Å². The van der Waals surface area contributed by atoms with E-state index in [2.05, 4.69) is 5.32 Å². The van der Waals surface area contributed by atoms with E-state index in [0.29, 0.717) is 5.92 Å². The Labute approximate surface area is 119 Å². The maximum absolute atomic E-state index is 13.4. The van der Waals surface area contributed by atoms with Crippen molar-refractivity contribution in [1.29, 1.82) is 0 Å².